The van der Waals surface area contributed by atoms with E-state index in [-0.39, 0.29) is 0 Å². The average Bonchev–Trinajstić information content (AvgIpc) is 2.61. The Labute approximate surface area is 129 Å². The Morgan fingerprint density at radius 2 is 2.00 bits per heavy atom. The highest BCUT2D eigenvalue weighted by molar-refractivity contribution is 5.52. The van der Waals surface area contributed by atoms with Gasteiger partial charge in [-0.1, -0.05) is 12.8 Å². The van der Waals surface area contributed by atoms with Gasteiger partial charge in [-0.3, -0.25) is 4.68 Å². The fourth-order valence-electron chi connectivity index (χ4n) is 3.41. The lowest BCUT2D eigenvalue weighted by atomic mass is 10.0. The summed E-state index contributed by atoms with van der Waals surface area (Å²) >= 11 is 0. The molecule has 0 amide bonds. The van der Waals surface area contributed by atoms with Crippen LogP contribution in [0, 0.1) is 13.8 Å². The molecule has 4 heteroatoms. The van der Waals surface area contributed by atoms with E-state index >= 15 is 0 Å². The van der Waals surface area contributed by atoms with Crippen molar-refractivity contribution in [1.82, 2.24) is 15.1 Å². The van der Waals surface area contributed by atoms with Crippen LogP contribution in [0.5, 0.6) is 0 Å². The maximum atomic E-state index is 4.66. The molecule has 0 spiro atoms. The molecule has 2 N–H and O–H groups in total. The molecule has 1 saturated heterocycles. The molecule has 2 heterocycles. The summed E-state index contributed by atoms with van der Waals surface area (Å²) in [4.78, 5) is 0. The molecule has 1 fully saturated rings. The predicted octanol–water partition coefficient (Wildman–Crippen LogP) is 3.80. The highest BCUT2D eigenvalue weighted by Gasteiger charge is 2.18. The summed E-state index contributed by atoms with van der Waals surface area (Å²) in [5.41, 5.74) is 3.59. The van der Waals surface area contributed by atoms with Gasteiger partial charge in [0.1, 0.15) is 0 Å². The Morgan fingerprint density at radius 3 is 2.67 bits per heavy atom. The minimum absolute atomic E-state index is 0.415. The van der Waals surface area contributed by atoms with E-state index in [0.717, 1.165) is 5.69 Å². The van der Waals surface area contributed by atoms with E-state index in [4.69, 9.17) is 0 Å². The smallest absolute Gasteiger partial charge is 0.0828 e. The summed E-state index contributed by atoms with van der Waals surface area (Å²) in [5.74, 6) is 0. The molecule has 0 aliphatic carbocycles. The fourth-order valence-corrected chi connectivity index (χ4v) is 3.41. The zero-order valence-corrected chi connectivity index (χ0v) is 14.4. The number of hydrogen-bond donors (Lipinski definition) is 2. The maximum Gasteiger partial charge on any atom is 0.0828 e. The molecule has 0 saturated carbocycles. The van der Waals surface area contributed by atoms with Crippen molar-refractivity contribution in [3.63, 3.8) is 0 Å². The first-order valence-electron chi connectivity index (χ1n) is 8.54. The summed E-state index contributed by atoms with van der Waals surface area (Å²) < 4.78 is 2.12. The molecule has 2 rings (SSSR count). The van der Waals surface area contributed by atoms with Crippen LogP contribution in [0.3, 0.4) is 0 Å². The Balaban J connectivity index is 1.97. The molecular formula is C17H32N4. The van der Waals surface area contributed by atoms with Crippen molar-refractivity contribution >= 4 is 5.69 Å². The third-order valence-electron chi connectivity index (χ3n) is 4.51. The maximum absolute atomic E-state index is 4.66. The lowest BCUT2D eigenvalue weighted by Gasteiger charge is -2.22. The van der Waals surface area contributed by atoms with Gasteiger partial charge in [0.25, 0.3) is 0 Å². The second-order valence-corrected chi connectivity index (χ2v) is 6.87. The van der Waals surface area contributed by atoms with Crippen molar-refractivity contribution in [2.45, 2.75) is 84.8 Å². The second kappa shape index (κ2) is 7.30. The highest BCUT2D eigenvalue weighted by Crippen LogP contribution is 2.24. The summed E-state index contributed by atoms with van der Waals surface area (Å²) in [5, 5.41) is 12.1. The molecular weight excluding hydrogens is 260 g/mol. The predicted molar refractivity (Wildman–Crippen MR) is 90.0 cm³/mol. The quantitative estimate of drug-likeness (QED) is 0.867. The Kier molecular flexibility index (Phi) is 5.68. The van der Waals surface area contributed by atoms with Gasteiger partial charge in [-0.05, 0) is 60.4 Å². The van der Waals surface area contributed by atoms with Crippen molar-refractivity contribution in [2.24, 2.45) is 0 Å². The molecule has 120 valence electrons. The number of aryl methyl sites for hydroxylation is 1. The first-order valence-corrected chi connectivity index (χ1v) is 8.54. The Hall–Kier alpha value is -1.03. The Morgan fingerprint density at radius 1 is 1.24 bits per heavy atom. The minimum atomic E-state index is 0.415. The molecule has 1 aromatic rings. The monoisotopic (exact) mass is 292 g/mol. The highest BCUT2D eigenvalue weighted by atomic mass is 15.3. The van der Waals surface area contributed by atoms with Gasteiger partial charge in [-0.25, -0.2) is 0 Å². The van der Waals surface area contributed by atoms with Crippen LogP contribution >= 0.6 is 0 Å². The molecule has 1 aromatic heterocycles. The van der Waals surface area contributed by atoms with Gasteiger partial charge in [0.15, 0.2) is 0 Å². The van der Waals surface area contributed by atoms with Crippen LogP contribution in [0.1, 0.15) is 70.3 Å². The van der Waals surface area contributed by atoms with Crippen molar-refractivity contribution in [3.05, 3.63) is 11.4 Å². The zero-order valence-electron chi connectivity index (χ0n) is 14.4. The van der Waals surface area contributed by atoms with E-state index in [1.165, 1.54) is 50.0 Å². The lowest BCUT2D eigenvalue weighted by Crippen LogP contribution is -2.33. The van der Waals surface area contributed by atoms with Crippen LogP contribution in [0.2, 0.25) is 0 Å². The fraction of sp³-hybridized carbons (Fsp3) is 0.824. The number of nitrogens with one attached hydrogen (secondary N) is 2. The normalized spacial score (nSPS) is 21.3. The van der Waals surface area contributed by atoms with Gasteiger partial charge < -0.3 is 10.6 Å². The average molecular weight is 292 g/mol. The zero-order chi connectivity index (χ0) is 15.4. The van der Waals surface area contributed by atoms with Gasteiger partial charge in [0.2, 0.25) is 0 Å². The van der Waals surface area contributed by atoms with Crippen LogP contribution in [0.4, 0.5) is 5.69 Å². The number of rotatable bonds is 5. The van der Waals surface area contributed by atoms with E-state index in [2.05, 4.69) is 55.0 Å². The van der Waals surface area contributed by atoms with E-state index in [9.17, 15) is 0 Å². The summed E-state index contributed by atoms with van der Waals surface area (Å²) in [6.07, 6.45) is 6.58. The first kappa shape index (κ1) is 16.3. The van der Waals surface area contributed by atoms with Gasteiger partial charge in [-0.15, -0.1) is 0 Å². The summed E-state index contributed by atoms with van der Waals surface area (Å²) in [6, 6.07) is 1.55. The first-order chi connectivity index (χ1) is 9.99. The molecule has 1 aliphatic rings. The standard InChI is InChI=1S/C17H32N4/c1-12(2)21-15(5)17(14(4)20-21)19-13(3)11-16-9-7-6-8-10-18-16/h12-13,16,18-19H,6-11H2,1-5H3. The number of anilines is 1. The number of aromatic nitrogens is 2. The van der Waals surface area contributed by atoms with Gasteiger partial charge in [0.05, 0.1) is 17.1 Å². The SMILES string of the molecule is Cc1nn(C(C)C)c(C)c1NC(C)CC1CCCCCN1. The van der Waals surface area contributed by atoms with Crippen molar-refractivity contribution in [2.75, 3.05) is 11.9 Å². The van der Waals surface area contributed by atoms with Crippen LogP contribution in [-0.4, -0.2) is 28.4 Å². The van der Waals surface area contributed by atoms with Crippen LogP contribution in [0.15, 0.2) is 0 Å². The molecule has 0 radical (unpaired) electrons. The van der Waals surface area contributed by atoms with Crippen molar-refractivity contribution in [1.29, 1.82) is 0 Å². The van der Waals surface area contributed by atoms with E-state index in [1.807, 2.05) is 0 Å². The lowest BCUT2D eigenvalue weighted by molar-refractivity contribution is 0.456. The summed E-state index contributed by atoms with van der Waals surface area (Å²) in [7, 11) is 0. The molecule has 21 heavy (non-hydrogen) atoms. The van der Waals surface area contributed by atoms with E-state index in [1.54, 1.807) is 0 Å². The largest absolute Gasteiger partial charge is 0.380 e. The molecule has 1 aliphatic heterocycles. The van der Waals surface area contributed by atoms with Crippen molar-refractivity contribution < 1.29 is 0 Å². The van der Waals surface area contributed by atoms with Gasteiger partial charge in [-0.2, -0.15) is 5.10 Å². The third-order valence-corrected chi connectivity index (χ3v) is 4.51. The van der Waals surface area contributed by atoms with Gasteiger partial charge in [0, 0.05) is 18.1 Å². The Bertz CT molecular complexity index is 442. The third kappa shape index (κ3) is 4.22. The van der Waals surface area contributed by atoms with Crippen LogP contribution < -0.4 is 10.6 Å². The molecule has 0 bridgehead atoms. The van der Waals surface area contributed by atoms with Gasteiger partial charge >= 0.3 is 0 Å². The molecule has 4 nitrogen and oxygen atoms in total. The minimum Gasteiger partial charge on any atom is -0.380 e. The van der Waals surface area contributed by atoms with E-state index < -0.39 is 0 Å². The van der Waals surface area contributed by atoms with Crippen LogP contribution in [0.25, 0.3) is 0 Å². The second-order valence-electron chi connectivity index (χ2n) is 6.87. The number of hydrogen-bond acceptors (Lipinski definition) is 3. The van der Waals surface area contributed by atoms with E-state index in [0.29, 0.717) is 18.1 Å². The van der Waals surface area contributed by atoms with Crippen LogP contribution in [-0.2, 0) is 0 Å². The number of nitrogens with zero attached hydrogens (tertiary/aromatic N) is 2. The van der Waals surface area contributed by atoms with Crippen molar-refractivity contribution in [3.8, 4) is 0 Å². The molecule has 2 atom stereocenters. The summed E-state index contributed by atoms with van der Waals surface area (Å²) in [6.45, 7) is 12.1. The molecule has 0 aromatic carbocycles. The topological polar surface area (TPSA) is 41.9 Å². The molecule has 2 unspecified atom stereocenters.